The number of benzene rings is 2. The van der Waals surface area contributed by atoms with Gasteiger partial charge in [0.1, 0.15) is 0 Å². The molecule has 116 valence electrons. The molecule has 2 aromatic carbocycles. The van der Waals surface area contributed by atoms with E-state index in [9.17, 15) is 9.18 Å². The quantitative estimate of drug-likeness (QED) is 0.870. The van der Waals surface area contributed by atoms with Gasteiger partial charge in [0, 0.05) is 5.56 Å². The Hall–Kier alpha value is -1.91. The van der Waals surface area contributed by atoms with Crippen LogP contribution in [0.3, 0.4) is 0 Å². The van der Waals surface area contributed by atoms with Crippen molar-refractivity contribution in [1.29, 1.82) is 0 Å². The van der Waals surface area contributed by atoms with Crippen molar-refractivity contribution < 1.29 is 13.9 Å². The van der Waals surface area contributed by atoms with E-state index in [0.717, 1.165) is 5.56 Å². The van der Waals surface area contributed by atoms with Crippen LogP contribution in [0.1, 0.15) is 29.8 Å². The lowest BCUT2D eigenvalue weighted by molar-refractivity contribution is 0.0657. The predicted octanol–water partition coefficient (Wildman–Crippen LogP) is 4.66. The first-order valence-electron chi connectivity index (χ1n) is 6.93. The number of nitrogens with one attached hydrogen (secondary N) is 1. The number of hydrogen-bond donors (Lipinski definition) is 1. The van der Waals surface area contributed by atoms with Crippen molar-refractivity contribution in [1.82, 2.24) is 0 Å². The van der Waals surface area contributed by atoms with Gasteiger partial charge in [0.15, 0.2) is 5.82 Å². The van der Waals surface area contributed by atoms with Crippen molar-refractivity contribution in [3.05, 3.63) is 64.4 Å². The molecule has 0 radical (unpaired) electrons. The molecule has 0 unspecified atom stereocenters. The molecule has 0 saturated carbocycles. The molecule has 0 aliphatic carbocycles. The summed E-state index contributed by atoms with van der Waals surface area (Å²) in [7, 11) is 0. The van der Waals surface area contributed by atoms with Gasteiger partial charge in [-0.3, -0.25) is 4.79 Å². The van der Waals surface area contributed by atoms with Crippen LogP contribution in [0.25, 0.3) is 0 Å². The molecule has 0 spiro atoms. The topological polar surface area (TPSA) is 38.3 Å². The smallest absolute Gasteiger partial charge is 0.255 e. The molecule has 2 aromatic rings. The third-order valence-corrected chi connectivity index (χ3v) is 3.29. The maximum Gasteiger partial charge on any atom is 0.255 e. The van der Waals surface area contributed by atoms with Gasteiger partial charge in [-0.05, 0) is 43.7 Å². The lowest BCUT2D eigenvalue weighted by Gasteiger charge is -2.09. The summed E-state index contributed by atoms with van der Waals surface area (Å²) in [6.45, 7) is 4.41. The van der Waals surface area contributed by atoms with Crippen LogP contribution in [-0.4, -0.2) is 12.0 Å². The minimum absolute atomic E-state index is 0.0287. The molecule has 0 fully saturated rings. The summed E-state index contributed by atoms with van der Waals surface area (Å²) < 4.78 is 19.2. The molecular formula is C17H17ClFNO2. The largest absolute Gasteiger partial charge is 0.374 e. The molecule has 1 N–H and O–H groups in total. The van der Waals surface area contributed by atoms with Crippen molar-refractivity contribution in [3.8, 4) is 0 Å². The van der Waals surface area contributed by atoms with Gasteiger partial charge in [-0.15, -0.1) is 0 Å². The molecule has 0 saturated heterocycles. The second kappa shape index (κ2) is 7.38. The van der Waals surface area contributed by atoms with Crippen LogP contribution < -0.4 is 5.32 Å². The highest BCUT2D eigenvalue weighted by molar-refractivity contribution is 6.31. The van der Waals surface area contributed by atoms with Crippen LogP contribution >= 0.6 is 11.6 Å². The number of carbonyl (C=O) groups excluding carboxylic acids is 1. The third kappa shape index (κ3) is 4.29. The Labute approximate surface area is 134 Å². The van der Waals surface area contributed by atoms with Crippen LogP contribution in [0, 0.1) is 5.82 Å². The van der Waals surface area contributed by atoms with Gasteiger partial charge in [-0.25, -0.2) is 4.39 Å². The highest BCUT2D eigenvalue weighted by atomic mass is 35.5. The molecule has 0 heterocycles. The van der Waals surface area contributed by atoms with Crippen LogP contribution in [0.4, 0.5) is 10.1 Å². The Morgan fingerprint density at radius 3 is 2.55 bits per heavy atom. The average molecular weight is 322 g/mol. The summed E-state index contributed by atoms with van der Waals surface area (Å²) in [6, 6.07) is 11.4. The highest BCUT2D eigenvalue weighted by Crippen LogP contribution is 2.22. The normalized spacial score (nSPS) is 10.8. The lowest BCUT2D eigenvalue weighted by atomic mass is 10.1. The summed E-state index contributed by atoms with van der Waals surface area (Å²) in [6.07, 6.45) is 0.147. The summed E-state index contributed by atoms with van der Waals surface area (Å²) in [4.78, 5) is 12.1. The molecule has 0 atom stereocenters. The third-order valence-electron chi connectivity index (χ3n) is 3.00. The summed E-state index contributed by atoms with van der Waals surface area (Å²) >= 11 is 5.68. The van der Waals surface area contributed by atoms with E-state index in [-0.39, 0.29) is 16.8 Å². The number of carbonyl (C=O) groups is 1. The van der Waals surface area contributed by atoms with Crippen molar-refractivity contribution in [2.45, 2.75) is 26.6 Å². The van der Waals surface area contributed by atoms with E-state index in [1.54, 1.807) is 18.2 Å². The van der Waals surface area contributed by atoms with Gasteiger partial charge in [-0.1, -0.05) is 29.8 Å². The van der Waals surface area contributed by atoms with Crippen molar-refractivity contribution >= 4 is 23.2 Å². The number of ether oxygens (including phenoxy) is 1. The van der Waals surface area contributed by atoms with E-state index >= 15 is 0 Å². The molecule has 2 rings (SSSR count). The first kappa shape index (κ1) is 16.5. The zero-order valence-corrected chi connectivity index (χ0v) is 13.2. The standard InChI is InChI=1S/C17H17ClFNO2/c1-11(2)22-10-12-6-8-13(9-7-12)17(21)20-15-5-3-4-14(18)16(15)19/h3-9,11H,10H2,1-2H3,(H,20,21). The maximum absolute atomic E-state index is 13.8. The molecule has 0 aliphatic heterocycles. The van der Waals surface area contributed by atoms with Gasteiger partial charge < -0.3 is 10.1 Å². The van der Waals surface area contributed by atoms with Crippen LogP contribution in [0.5, 0.6) is 0 Å². The Morgan fingerprint density at radius 2 is 1.91 bits per heavy atom. The fourth-order valence-corrected chi connectivity index (χ4v) is 1.98. The van der Waals surface area contributed by atoms with E-state index in [4.69, 9.17) is 16.3 Å². The lowest BCUT2D eigenvalue weighted by Crippen LogP contribution is -2.13. The fourth-order valence-electron chi connectivity index (χ4n) is 1.81. The average Bonchev–Trinajstić information content (AvgIpc) is 2.50. The summed E-state index contributed by atoms with van der Waals surface area (Å²) in [5, 5.41) is 2.48. The molecule has 0 aromatic heterocycles. The van der Waals surface area contributed by atoms with Gasteiger partial charge in [0.05, 0.1) is 23.4 Å². The number of hydrogen-bond acceptors (Lipinski definition) is 2. The van der Waals surface area contributed by atoms with Gasteiger partial charge in [0.25, 0.3) is 5.91 Å². The van der Waals surface area contributed by atoms with Crippen molar-refractivity contribution in [3.63, 3.8) is 0 Å². The van der Waals surface area contributed by atoms with E-state index in [0.29, 0.717) is 12.2 Å². The van der Waals surface area contributed by atoms with Crippen molar-refractivity contribution in [2.75, 3.05) is 5.32 Å². The van der Waals surface area contributed by atoms with E-state index in [2.05, 4.69) is 5.32 Å². The first-order chi connectivity index (χ1) is 10.5. The van der Waals surface area contributed by atoms with Gasteiger partial charge in [0.2, 0.25) is 0 Å². The van der Waals surface area contributed by atoms with E-state index in [1.807, 2.05) is 26.0 Å². The molecule has 22 heavy (non-hydrogen) atoms. The van der Waals surface area contributed by atoms with Crippen LogP contribution in [0.2, 0.25) is 5.02 Å². The number of rotatable bonds is 5. The SMILES string of the molecule is CC(C)OCc1ccc(C(=O)Nc2cccc(Cl)c2F)cc1. The zero-order chi connectivity index (χ0) is 16.1. The Kier molecular flexibility index (Phi) is 5.52. The second-order valence-corrected chi connectivity index (χ2v) is 5.52. The Morgan fingerprint density at radius 1 is 1.23 bits per heavy atom. The first-order valence-corrected chi connectivity index (χ1v) is 7.31. The number of amides is 1. The van der Waals surface area contributed by atoms with Gasteiger partial charge in [-0.2, -0.15) is 0 Å². The predicted molar refractivity (Wildman–Crippen MR) is 85.7 cm³/mol. The molecule has 0 aliphatic rings. The monoisotopic (exact) mass is 321 g/mol. The van der Waals surface area contributed by atoms with E-state index in [1.165, 1.54) is 12.1 Å². The van der Waals surface area contributed by atoms with Crippen molar-refractivity contribution in [2.24, 2.45) is 0 Å². The molecule has 0 bridgehead atoms. The minimum atomic E-state index is -0.639. The fraction of sp³-hybridized carbons (Fsp3) is 0.235. The minimum Gasteiger partial charge on any atom is -0.374 e. The molecule has 3 nitrogen and oxygen atoms in total. The van der Waals surface area contributed by atoms with Crippen LogP contribution in [-0.2, 0) is 11.3 Å². The maximum atomic E-state index is 13.8. The van der Waals surface area contributed by atoms with E-state index < -0.39 is 11.7 Å². The molecule has 5 heteroatoms. The summed E-state index contributed by atoms with van der Waals surface area (Å²) in [5.74, 6) is -1.03. The Balaban J connectivity index is 2.05. The highest BCUT2D eigenvalue weighted by Gasteiger charge is 2.11. The zero-order valence-electron chi connectivity index (χ0n) is 12.4. The second-order valence-electron chi connectivity index (χ2n) is 5.11. The summed E-state index contributed by atoms with van der Waals surface area (Å²) in [5.41, 5.74) is 1.47. The van der Waals surface area contributed by atoms with Crippen LogP contribution in [0.15, 0.2) is 42.5 Å². The van der Waals surface area contributed by atoms with Gasteiger partial charge >= 0.3 is 0 Å². The molecular weight excluding hydrogens is 305 g/mol. The Bertz CT molecular complexity index is 656. The molecule has 1 amide bonds. The number of halogens is 2. The number of anilines is 1.